The molecule has 0 aliphatic carbocycles. The quantitative estimate of drug-likeness (QED) is 0.479. The lowest BCUT2D eigenvalue weighted by molar-refractivity contribution is -0.0220. The van der Waals surface area contributed by atoms with Gasteiger partial charge in [0.15, 0.2) is 9.84 Å². The molecule has 1 aliphatic rings. The molecule has 1 saturated heterocycles. The van der Waals surface area contributed by atoms with Crippen molar-refractivity contribution in [2.75, 3.05) is 30.3 Å². The average molecular weight is 518 g/mol. The van der Waals surface area contributed by atoms with Gasteiger partial charge >= 0.3 is 0 Å². The van der Waals surface area contributed by atoms with Crippen LogP contribution in [-0.4, -0.2) is 54.9 Å². The van der Waals surface area contributed by atoms with Crippen molar-refractivity contribution in [3.8, 4) is 0 Å². The molecular weight excluding hydrogens is 495 g/mol. The number of alkyl halides is 2. The van der Waals surface area contributed by atoms with Gasteiger partial charge in [0.2, 0.25) is 0 Å². The van der Waals surface area contributed by atoms with Crippen LogP contribution in [0, 0.1) is 0 Å². The Labute approximate surface area is 200 Å². The van der Waals surface area contributed by atoms with Crippen LogP contribution in [0.3, 0.4) is 0 Å². The Morgan fingerprint density at radius 3 is 2.42 bits per heavy atom. The number of imidazole rings is 1. The predicted molar refractivity (Wildman–Crippen MR) is 126 cm³/mol. The third-order valence-electron chi connectivity index (χ3n) is 6.01. The van der Waals surface area contributed by atoms with Crippen molar-refractivity contribution < 1.29 is 22.3 Å². The number of aliphatic hydroxyl groups is 1. The molecule has 0 radical (unpaired) electrons. The lowest BCUT2D eigenvalue weighted by Gasteiger charge is -2.34. The monoisotopic (exact) mass is 517 g/mol. The number of anilines is 1. The van der Waals surface area contributed by atoms with Gasteiger partial charge in [0, 0.05) is 25.9 Å². The van der Waals surface area contributed by atoms with E-state index in [2.05, 4.69) is 9.97 Å². The number of rotatable bonds is 6. The Morgan fingerprint density at radius 1 is 1.21 bits per heavy atom. The largest absolute Gasteiger partial charge is 0.395 e. The zero-order valence-electron chi connectivity index (χ0n) is 17.8. The maximum atomic E-state index is 13.6. The first-order chi connectivity index (χ1) is 15.6. The van der Waals surface area contributed by atoms with Gasteiger partial charge in [0.1, 0.15) is 5.82 Å². The van der Waals surface area contributed by atoms with Crippen LogP contribution in [0.1, 0.15) is 37.1 Å². The molecule has 0 saturated carbocycles. The van der Waals surface area contributed by atoms with Crippen LogP contribution in [0.25, 0.3) is 11.0 Å². The van der Waals surface area contributed by atoms with Gasteiger partial charge in [-0.15, -0.1) is 0 Å². The van der Waals surface area contributed by atoms with E-state index in [1.165, 1.54) is 12.1 Å². The number of hydrogen-bond acceptors (Lipinski definition) is 5. The number of aromatic amines is 1. The number of nitrogens with zero attached hydrogens (tertiary/aromatic N) is 2. The normalized spacial score (nSPS) is 17.5. The van der Waals surface area contributed by atoms with Crippen molar-refractivity contribution in [3.63, 3.8) is 0 Å². The summed E-state index contributed by atoms with van der Waals surface area (Å²) in [6.07, 6.45) is -0.551. The van der Waals surface area contributed by atoms with Crippen molar-refractivity contribution >= 4 is 49.8 Å². The number of hydrogen-bond donors (Lipinski definition) is 2. The Bertz CT molecular complexity index is 1270. The van der Waals surface area contributed by atoms with Crippen LogP contribution in [0.4, 0.5) is 14.5 Å². The van der Waals surface area contributed by atoms with E-state index in [4.69, 9.17) is 23.2 Å². The minimum atomic E-state index is -3.34. The first-order valence-electron chi connectivity index (χ1n) is 10.5. The van der Waals surface area contributed by atoms with Crippen molar-refractivity contribution in [2.24, 2.45) is 0 Å². The van der Waals surface area contributed by atoms with Crippen LogP contribution < -0.4 is 4.90 Å². The lowest BCUT2D eigenvalue weighted by atomic mass is 9.99. The molecule has 2 heterocycles. The van der Waals surface area contributed by atoms with Gasteiger partial charge in [-0.2, -0.15) is 0 Å². The van der Waals surface area contributed by atoms with Gasteiger partial charge in [0.05, 0.1) is 49.9 Å². The predicted octanol–water partition coefficient (Wildman–Crippen LogP) is 5.02. The second kappa shape index (κ2) is 9.02. The maximum Gasteiger partial charge on any atom is 0.251 e. The zero-order valence-corrected chi connectivity index (χ0v) is 20.1. The fourth-order valence-electron chi connectivity index (χ4n) is 4.03. The SMILES string of the molecule is CCS(=O)(=O)c1ccc([C@@H](CO)c2nc3cc(Cl)c(N4CCC(F)(F)CC4)c(Cl)c3[nH]2)cc1. The van der Waals surface area contributed by atoms with Crippen molar-refractivity contribution in [2.45, 2.75) is 36.5 Å². The number of halogens is 4. The average Bonchev–Trinajstić information content (AvgIpc) is 3.19. The first kappa shape index (κ1) is 24.2. The van der Waals surface area contributed by atoms with E-state index in [0.717, 1.165) is 0 Å². The van der Waals surface area contributed by atoms with E-state index in [9.17, 15) is 22.3 Å². The molecule has 178 valence electrons. The third-order valence-corrected chi connectivity index (χ3v) is 8.42. The summed E-state index contributed by atoms with van der Waals surface area (Å²) < 4.78 is 51.3. The zero-order chi connectivity index (χ0) is 24.0. The minimum Gasteiger partial charge on any atom is -0.395 e. The van der Waals surface area contributed by atoms with E-state index in [0.29, 0.717) is 33.1 Å². The summed E-state index contributed by atoms with van der Waals surface area (Å²) in [5.41, 5.74) is 2.13. The summed E-state index contributed by atoms with van der Waals surface area (Å²) in [4.78, 5) is 9.63. The summed E-state index contributed by atoms with van der Waals surface area (Å²) >= 11 is 13.1. The van der Waals surface area contributed by atoms with E-state index in [1.54, 1.807) is 30.0 Å². The number of piperidine rings is 1. The Hall–Kier alpha value is -1.94. The summed E-state index contributed by atoms with van der Waals surface area (Å²) in [5.74, 6) is -2.82. The molecule has 1 aromatic heterocycles. The second-order valence-electron chi connectivity index (χ2n) is 8.09. The molecule has 1 fully saturated rings. The highest BCUT2D eigenvalue weighted by Crippen LogP contribution is 2.42. The maximum absolute atomic E-state index is 13.6. The number of aromatic nitrogens is 2. The van der Waals surface area contributed by atoms with Crippen molar-refractivity contribution in [1.82, 2.24) is 9.97 Å². The van der Waals surface area contributed by atoms with Crippen LogP contribution in [0.15, 0.2) is 35.2 Å². The molecule has 3 aromatic rings. The molecule has 2 N–H and O–H groups in total. The molecule has 0 amide bonds. The molecule has 0 unspecified atom stereocenters. The topological polar surface area (TPSA) is 86.3 Å². The Kier molecular flexibility index (Phi) is 6.61. The van der Waals surface area contributed by atoms with Crippen LogP contribution in [0.2, 0.25) is 10.0 Å². The van der Waals surface area contributed by atoms with E-state index < -0.39 is 21.7 Å². The van der Waals surface area contributed by atoms with Gasteiger partial charge in [0.25, 0.3) is 5.92 Å². The summed E-state index contributed by atoms with van der Waals surface area (Å²) in [5, 5.41) is 10.6. The molecule has 2 aromatic carbocycles. The lowest BCUT2D eigenvalue weighted by Crippen LogP contribution is -2.39. The Balaban J connectivity index is 1.69. The van der Waals surface area contributed by atoms with Gasteiger partial charge < -0.3 is 15.0 Å². The number of benzene rings is 2. The van der Waals surface area contributed by atoms with Gasteiger partial charge in [-0.25, -0.2) is 22.2 Å². The summed E-state index contributed by atoms with van der Waals surface area (Å²) in [6.45, 7) is 1.56. The second-order valence-corrected chi connectivity index (χ2v) is 11.2. The van der Waals surface area contributed by atoms with Crippen molar-refractivity contribution in [3.05, 3.63) is 51.8 Å². The molecule has 11 heteroatoms. The molecule has 33 heavy (non-hydrogen) atoms. The summed E-state index contributed by atoms with van der Waals surface area (Å²) in [6, 6.07) is 7.92. The summed E-state index contributed by atoms with van der Waals surface area (Å²) in [7, 11) is -3.34. The van der Waals surface area contributed by atoms with Crippen LogP contribution in [0.5, 0.6) is 0 Å². The Morgan fingerprint density at radius 2 is 1.85 bits per heavy atom. The van der Waals surface area contributed by atoms with Crippen LogP contribution >= 0.6 is 23.2 Å². The molecule has 1 aliphatic heterocycles. The van der Waals surface area contributed by atoms with Gasteiger partial charge in [-0.1, -0.05) is 42.3 Å². The number of sulfone groups is 1. The van der Waals surface area contributed by atoms with Crippen LogP contribution in [-0.2, 0) is 9.84 Å². The molecule has 1 atom stereocenters. The number of nitrogens with one attached hydrogen (secondary N) is 1. The fraction of sp³-hybridized carbons (Fsp3) is 0.409. The molecule has 0 spiro atoms. The molecular formula is C22H23Cl2F2N3O3S. The standard InChI is InChI=1S/C22H23Cl2F2N3O3S/c1-2-33(31,32)14-5-3-13(4-6-14)15(12-30)21-27-17-11-16(23)20(18(24)19(17)28-21)29-9-7-22(25,26)8-10-29/h3-6,11,15,30H,2,7-10,12H2,1H3,(H,27,28)/t15-/m1/s1. The van der Waals surface area contributed by atoms with E-state index >= 15 is 0 Å². The minimum absolute atomic E-state index is 0.00437. The molecule has 4 rings (SSSR count). The van der Waals surface area contributed by atoms with Gasteiger partial charge in [-0.3, -0.25) is 0 Å². The highest BCUT2D eigenvalue weighted by Gasteiger charge is 2.35. The molecule has 6 nitrogen and oxygen atoms in total. The number of aliphatic hydroxyl groups excluding tert-OH is 1. The number of fused-ring (bicyclic) bond motifs is 1. The van der Waals surface area contributed by atoms with Crippen molar-refractivity contribution in [1.29, 1.82) is 0 Å². The highest BCUT2D eigenvalue weighted by molar-refractivity contribution is 7.91. The highest BCUT2D eigenvalue weighted by atomic mass is 35.5. The third kappa shape index (κ3) is 4.69. The smallest absolute Gasteiger partial charge is 0.251 e. The molecule has 0 bridgehead atoms. The first-order valence-corrected chi connectivity index (χ1v) is 12.9. The van der Waals surface area contributed by atoms with Gasteiger partial charge in [-0.05, 0) is 23.8 Å². The fourth-order valence-corrected chi connectivity index (χ4v) is 5.64. The number of H-pyrrole nitrogens is 1. The van der Waals surface area contributed by atoms with E-state index in [-0.39, 0.29) is 48.2 Å². The van der Waals surface area contributed by atoms with E-state index in [1.807, 2.05) is 0 Å².